The lowest BCUT2D eigenvalue weighted by Gasteiger charge is -2.31. The predicted molar refractivity (Wildman–Crippen MR) is 117 cm³/mol. The van der Waals surface area contributed by atoms with E-state index in [1.807, 2.05) is 4.90 Å². The highest BCUT2D eigenvalue weighted by Gasteiger charge is 2.24. The number of ether oxygens (including phenoxy) is 1. The molecule has 2 heterocycles. The number of methoxy groups -OCH3 is 1. The third-order valence-corrected chi connectivity index (χ3v) is 5.39. The third-order valence-electron chi connectivity index (χ3n) is 4.49. The lowest BCUT2D eigenvalue weighted by atomic mass is 10.1. The summed E-state index contributed by atoms with van der Waals surface area (Å²) in [4.78, 5) is 53.4. The number of amides is 4. The van der Waals surface area contributed by atoms with Gasteiger partial charge in [-0.3, -0.25) is 14.4 Å². The van der Waals surface area contributed by atoms with Gasteiger partial charge >= 0.3 is 6.09 Å². The zero-order valence-electron chi connectivity index (χ0n) is 17.6. The van der Waals surface area contributed by atoms with Gasteiger partial charge in [0.05, 0.1) is 18.0 Å². The van der Waals surface area contributed by atoms with Gasteiger partial charge in [0, 0.05) is 38.2 Å². The second-order valence-electron chi connectivity index (χ2n) is 6.84. The summed E-state index contributed by atoms with van der Waals surface area (Å²) < 4.78 is 4.81. The first-order valence-corrected chi connectivity index (χ1v) is 10.6. The molecule has 13 heteroatoms. The van der Waals surface area contributed by atoms with Gasteiger partial charge in [-0.05, 0) is 12.8 Å². The van der Waals surface area contributed by atoms with E-state index in [2.05, 4.69) is 39.4 Å². The van der Waals surface area contributed by atoms with Crippen molar-refractivity contribution in [2.24, 2.45) is 0 Å². The molecule has 174 valence electrons. The number of carbonyl (C=O) groups excluding carboxylic acids is 3. The molecule has 0 unspecified atom stereocenters. The number of thiazole rings is 1. The molecule has 1 aliphatic heterocycles. The Bertz CT molecular complexity index is 893. The zero-order chi connectivity index (χ0) is 23.7. The van der Waals surface area contributed by atoms with Crippen LogP contribution in [-0.2, 0) is 14.3 Å². The van der Waals surface area contributed by atoms with Crippen LogP contribution in [0, 0.1) is 0 Å². The Hall–Kier alpha value is -3.45. The lowest BCUT2D eigenvalue weighted by molar-refractivity contribution is -0.121. The van der Waals surface area contributed by atoms with Crippen LogP contribution < -0.4 is 26.2 Å². The number of anilines is 1. The first-order valence-electron chi connectivity index (χ1n) is 9.68. The Morgan fingerprint density at radius 2 is 1.84 bits per heavy atom. The molecule has 0 aliphatic carbocycles. The van der Waals surface area contributed by atoms with Crippen LogP contribution in [0.1, 0.15) is 23.3 Å². The van der Waals surface area contributed by atoms with Gasteiger partial charge in [0.1, 0.15) is 5.69 Å². The van der Waals surface area contributed by atoms with E-state index in [0.29, 0.717) is 37.7 Å². The van der Waals surface area contributed by atoms with Gasteiger partial charge in [-0.15, -0.1) is 11.3 Å². The maximum atomic E-state index is 12.4. The maximum absolute atomic E-state index is 12.4. The fraction of sp³-hybridized carbons (Fsp3) is 0.421. The molecule has 5 N–H and O–H groups in total. The Morgan fingerprint density at radius 3 is 2.47 bits per heavy atom. The minimum absolute atomic E-state index is 0.106. The Kier molecular flexibility index (Phi) is 9.16. The van der Waals surface area contributed by atoms with Crippen molar-refractivity contribution in [2.45, 2.75) is 18.9 Å². The van der Waals surface area contributed by atoms with E-state index in [4.69, 9.17) is 9.84 Å². The summed E-state index contributed by atoms with van der Waals surface area (Å²) >= 11 is 1.27. The first-order chi connectivity index (χ1) is 15.2. The van der Waals surface area contributed by atoms with Crippen molar-refractivity contribution in [3.05, 3.63) is 35.6 Å². The van der Waals surface area contributed by atoms with Crippen LogP contribution >= 0.6 is 11.3 Å². The second kappa shape index (κ2) is 11.8. The van der Waals surface area contributed by atoms with Crippen molar-refractivity contribution in [3.63, 3.8) is 0 Å². The van der Waals surface area contributed by atoms with Crippen LogP contribution in [0.3, 0.4) is 0 Å². The van der Waals surface area contributed by atoms with Crippen molar-refractivity contribution in [3.8, 4) is 0 Å². The average molecular weight is 467 g/mol. The molecule has 1 aliphatic rings. The molecule has 0 saturated carbocycles. The second-order valence-corrected chi connectivity index (χ2v) is 7.68. The number of carboxylic acid groups (broad SMARTS) is 1. The van der Waals surface area contributed by atoms with Crippen molar-refractivity contribution < 1.29 is 29.0 Å². The van der Waals surface area contributed by atoms with E-state index in [1.165, 1.54) is 18.4 Å². The van der Waals surface area contributed by atoms with Crippen LogP contribution in [-0.4, -0.2) is 73.3 Å². The smallest absolute Gasteiger partial charge is 0.404 e. The lowest BCUT2D eigenvalue weighted by Crippen LogP contribution is -2.44. The van der Waals surface area contributed by atoms with Gasteiger partial charge in [-0.1, -0.05) is 13.2 Å². The predicted octanol–water partition coefficient (Wildman–Crippen LogP) is 0.0155. The average Bonchev–Trinajstić information content (AvgIpc) is 3.24. The molecule has 0 aromatic carbocycles. The first kappa shape index (κ1) is 24.8. The van der Waals surface area contributed by atoms with Crippen LogP contribution in [0.25, 0.3) is 0 Å². The number of rotatable bonds is 10. The number of nitrogens with one attached hydrogen (secondary N) is 4. The van der Waals surface area contributed by atoms with E-state index in [-0.39, 0.29) is 29.7 Å². The van der Waals surface area contributed by atoms with Crippen molar-refractivity contribution >= 4 is 40.3 Å². The van der Waals surface area contributed by atoms with Crippen LogP contribution in [0.5, 0.6) is 0 Å². The van der Waals surface area contributed by atoms with E-state index in [1.54, 1.807) is 5.38 Å². The minimum Gasteiger partial charge on any atom is -0.465 e. The molecule has 0 atom stereocenters. The summed E-state index contributed by atoms with van der Waals surface area (Å²) in [6, 6.07) is -0.106. The summed E-state index contributed by atoms with van der Waals surface area (Å²) in [7, 11) is 1.49. The van der Waals surface area contributed by atoms with E-state index >= 15 is 0 Å². The molecule has 1 aromatic heterocycles. The Labute approximate surface area is 188 Å². The van der Waals surface area contributed by atoms with Gasteiger partial charge < -0.3 is 36.0 Å². The quantitative estimate of drug-likeness (QED) is 0.238. The fourth-order valence-electron chi connectivity index (χ4n) is 2.80. The summed E-state index contributed by atoms with van der Waals surface area (Å²) in [6.45, 7) is 8.75. The summed E-state index contributed by atoms with van der Waals surface area (Å²) in [6.07, 6.45) is 0.219. The number of nitrogens with zero attached hydrogens (tertiary/aromatic N) is 2. The molecule has 0 radical (unpaired) electrons. The van der Waals surface area contributed by atoms with E-state index < -0.39 is 23.8 Å². The molecular formula is C19H26N6O6S. The van der Waals surface area contributed by atoms with E-state index in [9.17, 15) is 19.2 Å². The Morgan fingerprint density at radius 1 is 1.19 bits per heavy atom. The number of piperidine rings is 1. The van der Waals surface area contributed by atoms with Gasteiger partial charge in [0.25, 0.3) is 17.7 Å². The Balaban J connectivity index is 1.83. The van der Waals surface area contributed by atoms with Gasteiger partial charge in [-0.25, -0.2) is 9.78 Å². The third kappa shape index (κ3) is 7.35. The molecule has 12 nitrogen and oxygen atoms in total. The molecule has 0 spiro atoms. The van der Waals surface area contributed by atoms with Gasteiger partial charge in [-0.2, -0.15) is 0 Å². The van der Waals surface area contributed by atoms with Crippen LogP contribution in [0.15, 0.2) is 29.9 Å². The molecule has 2 rings (SSSR count). The highest BCUT2D eigenvalue weighted by molar-refractivity contribution is 7.13. The van der Waals surface area contributed by atoms with Crippen molar-refractivity contribution in [1.82, 2.24) is 26.3 Å². The number of aromatic nitrogens is 1. The molecule has 4 amide bonds. The number of hydrogen-bond acceptors (Lipinski definition) is 8. The summed E-state index contributed by atoms with van der Waals surface area (Å²) in [5.41, 5.74) is -0.352. The van der Waals surface area contributed by atoms with Crippen molar-refractivity contribution in [1.29, 1.82) is 0 Å². The molecule has 0 bridgehead atoms. The number of carbonyl (C=O) groups is 4. The minimum atomic E-state index is -1.05. The SMILES string of the molecule is C=C(NC(=O)C(=C)NC(=O)c1csc(N2CCC(NC(=O)O)CC2)n1)C(=O)NCCOC. The fourth-order valence-corrected chi connectivity index (χ4v) is 3.66. The number of hydrogen-bond donors (Lipinski definition) is 5. The largest absolute Gasteiger partial charge is 0.465 e. The normalized spacial score (nSPS) is 13.7. The van der Waals surface area contributed by atoms with Crippen LogP contribution in [0.4, 0.5) is 9.93 Å². The molecule has 1 fully saturated rings. The molecule has 1 saturated heterocycles. The maximum Gasteiger partial charge on any atom is 0.404 e. The summed E-state index contributed by atoms with van der Waals surface area (Å²) in [5, 5.41) is 20.6. The van der Waals surface area contributed by atoms with Crippen LogP contribution in [0.2, 0.25) is 0 Å². The standard InChI is InChI=1S/C19H26N6O6S/c1-11(15(26)20-6-9-31-3)21-16(27)12(2)22-17(28)14-10-32-18(24-14)25-7-4-13(5-8-25)23-19(29)30/h10,13,23H,1-2,4-9H2,3H3,(H,20,26)(H,21,27)(H,22,28)(H,29,30). The highest BCUT2D eigenvalue weighted by Crippen LogP contribution is 2.24. The van der Waals surface area contributed by atoms with Gasteiger partial charge in [0.2, 0.25) is 0 Å². The highest BCUT2D eigenvalue weighted by atomic mass is 32.1. The molecule has 1 aromatic rings. The summed E-state index contributed by atoms with van der Waals surface area (Å²) in [5.74, 6) is -1.99. The monoisotopic (exact) mass is 466 g/mol. The van der Waals surface area contributed by atoms with Crippen molar-refractivity contribution in [2.75, 3.05) is 38.3 Å². The van der Waals surface area contributed by atoms with Gasteiger partial charge in [0.15, 0.2) is 5.13 Å². The molecular weight excluding hydrogens is 440 g/mol. The zero-order valence-corrected chi connectivity index (χ0v) is 18.4. The topological polar surface area (TPSA) is 162 Å². The molecule has 32 heavy (non-hydrogen) atoms. The van der Waals surface area contributed by atoms with E-state index in [0.717, 1.165) is 0 Å².